The standard InChI is InChI=1S/C29H24N6O/c1-18-15-20(13-14-32-18)24-9-6-10-25-27(24)29(36)35(23-7-4-3-5-8-23)28(34-25)19(2)33-26-16-22(31)12-11-21(26)17-30/h3-16,19,33H,31H2,1-2H3/t19-/m0/s1. The summed E-state index contributed by atoms with van der Waals surface area (Å²) in [6.07, 6.45) is 1.74. The van der Waals surface area contributed by atoms with Crippen LogP contribution < -0.4 is 16.6 Å². The van der Waals surface area contributed by atoms with E-state index in [0.29, 0.717) is 39.4 Å². The van der Waals surface area contributed by atoms with Crippen molar-refractivity contribution in [1.82, 2.24) is 14.5 Å². The van der Waals surface area contributed by atoms with Gasteiger partial charge in [-0.3, -0.25) is 14.3 Å². The first-order valence-corrected chi connectivity index (χ1v) is 11.6. The van der Waals surface area contributed by atoms with Crippen molar-refractivity contribution in [2.75, 3.05) is 11.1 Å². The van der Waals surface area contributed by atoms with Gasteiger partial charge in [-0.1, -0.05) is 30.3 Å². The van der Waals surface area contributed by atoms with E-state index in [1.54, 1.807) is 29.0 Å². The van der Waals surface area contributed by atoms with Crippen LogP contribution in [0.5, 0.6) is 0 Å². The predicted octanol–water partition coefficient (Wildman–Crippen LogP) is 5.38. The molecule has 2 heterocycles. The fourth-order valence-electron chi connectivity index (χ4n) is 4.39. The molecule has 3 aromatic carbocycles. The number of anilines is 2. The van der Waals surface area contributed by atoms with Gasteiger partial charge in [0.2, 0.25) is 0 Å². The fraction of sp³-hybridized carbons (Fsp3) is 0.103. The Hall–Kier alpha value is -4.96. The molecule has 0 bridgehead atoms. The van der Waals surface area contributed by atoms with Crippen LogP contribution in [0.1, 0.15) is 30.0 Å². The third-order valence-corrected chi connectivity index (χ3v) is 6.07. The molecule has 1 atom stereocenters. The molecule has 2 aromatic heterocycles. The lowest BCUT2D eigenvalue weighted by Gasteiger charge is -2.22. The summed E-state index contributed by atoms with van der Waals surface area (Å²) in [6.45, 7) is 3.83. The maximum absolute atomic E-state index is 14.2. The Balaban J connectivity index is 1.75. The summed E-state index contributed by atoms with van der Waals surface area (Å²) in [7, 11) is 0. The van der Waals surface area contributed by atoms with Gasteiger partial charge in [0.1, 0.15) is 11.9 Å². The Kier molecular flexibility index (Phi) is 5.93. The summed E-state index contributed by atoms with van der Waals surface area (Å²) < 4.78 is 1.63. The number of nitrogen functional groups attached to an aromatic ring is 1. The van der Waals surface area contributed by atoms with E-state index in [9.17, 15) is 10.1 Å². The number of para-hydroxylation sites is 1. The van der Waals surface area contributed by atoms with Crippen molar-refractivity contribution in [3.63, 3.8) is 0 Å². The molecule has 0 spiro atoms. The maximum Gasteiger partial charge on any atom is 0.266 e. The zero-order valence-electron chi connectivity index (χ0n) is 19.9. The predicted molar refractivity (Wildman–Crippen MR) is 143 cm³/mol. The number of rotatable bonds is 5. The highest BCUT2D eigenvalue weighted by atomic mass is 16.1. The molecule has 7 nitrogen and oxygen atoms in total. The van der Waals surface area contributed by atoms with Crippen LogP contribution in [0.15, 0.2) is 89.9 Å². The molecule has 0 fully saturated rings. The second-order valence-electron chi connectivity index (χ2n) is 8.61. The molecule has 36 heavy (non-hydrogen) atoms. The number of pyridine rings is 1. The summed E-state index contributed by atoms with van der Waals surface area (Å²) in [5, 5.41) is 13.4. The number of aromatic nitrogens is 3. The summed E-state index contributed by atoms with van der Waals surface area (Å²) in [5.41, 5.74) is 11.2. The van der Waals surface area contributed by atoms with Gasteiger partial charge in [-0.2, -0.15) is 5.26 Å². The van der Waals surface area contributed by atoms with E-state index >= 15 is 0 Å². The average Bonchev–Trinajstić information content (AvgIpc) is 2.89. The van der Waals surface area contributed by atoms with Gasteiger partial charge in [0.15, 0.2) is 0 Å². The van der Waals surface area contributed by atoms with Crippen LogP contribution in [0.2, 0.25) is 0 Å². The smallest absolute Gasteiger partial charge is 0.266 e. The average molecular weight is 473 g/mol. The molecule has 0 aliphatic carbocycles. The number of benzene rings is 3. The summed E-state index contributed by atoms with van der Waals surface area (Å²) >= 11 is 0. The van der Waals surface area contributed by atoms with E-state index in [-0.39, 0.29) is 5.56 Å². The highest BCUT2D eigenvalue weighted by molar-refractivity contribution is 5.94. The second-order valence-corrected chi connectivity index (χ2v) is 8.61. The number of hydrogen-bond donors (Lipinski definition) is 2. The van der Waals surface area contributed by atoms with E-state index < -0.39 is 6.04 Å². The third-order valence-electron chi connectivity index (χ3n) is 6.07. The minimum atomic E-state index is -0.414. The molecule has 176 valence electrons. The topological polar surface area (TPSA) is 110 Å². The van der Waals surface area contributed by atoms with Crippen LogP contribution in [-0.4, -0.2) is 14.5 Å². The number of nitriles is 1. The molecule has 0 amide bonds. The van der Waals surface area contributed by atoms with Gasteiger partial charge < -0.3 is 11.1 Å². The van der Waals surface area contributed by atoms with Crippen LogP contribution in [0.25, 0.3) is 27.7 Å². The lowest BCUT2D eigenvalue weighted by molar-refractivity contribution is 0.734. The summed E-state index contributed by atoms with van der Waals surface area (Å²) in [5.74, 6) is 0.521. The van der Waals surface area contributed by atoms with E-state index in [1.807, 2.05) is 74.5 Å². The molecule has 0 saturated carbocycles. The van der Waals surface area contributed by atoms with Crippen molar-refractivity contribution in [1.29, 1.82) is 5.26 Å². The Morgan fingerprint density at radius 1 is 1.03 bits per heavy atom. The molecule has 0 radical (unpaired) electrons. The van der Waals surface area contributed by atoms with Gasteiger partial charge in [-0.25, -0.2) is 4.98 Å². The number of nitrogens with two attached hydrogens (primary N) is 1. The largest absolute Gasteiger partial charge is 0.399 e. The van der Waals surface area contributed by atoms with Gasteiger partial charge in [0.05, 0.1) is 33.9 Å². The van der Waals surface area contributed by atoms with E-state index in [0.717, 1.165) is 16.8 Å². The van der Waals surface area contributed by atoms with Crippen molar-refractivity contribution in [2.24, 2.45) is 0 Å². The summed E-state index contributed by atoms with van der Waals surface area (Å²) in [6, 6.07) is 25.8. The molecule has 0 saturated heterocycles. The Labute approximate surface area is 208 Å². The molecule has 0 unspecified atom stereocenters. The van der Waals surface area contributed by atoms with Gasteiger partial charge in [-0.05, 0) is 73.5 Å². The van der Waals surface area contributed by atoms with Crippen molar-refractivity contribution < 1.29 is 0 Å². The number of hydrogen-bond acceptors (Lipinski definition) is 6. The highest BCUT2D eigenvalue weighted by Crippen LogP contribution is 2.29. The van der Waals surface area contributed by atoms with Crippen LogP contribution in [0, 0.1) is 18.3 Å². The summed E-state index contributed by atoms with van der Waals surface area (Å²) in [4.78, 5) is 23.4. The van der Waals surface area contributed by atoms with Gasteiger partial charge in [0, 0.05) is 17.6 Å². The molecule has 5 rings (SSSR count). The second kappa shape index (κ2) is 9.35. The van der Waals surface area contributed by atoms with E-state index in [4.69, 9.17) is 10.7 Å². The molecule has 3 N–H and O–H groups in total. The number of nitrogens with zero attached hydrogens (tertiary/aromatic N) is 4. The Bertz CT molecular complexity index is 1680. The maximum atomic E-state index is 14.2. The zero-order valence-corrected chi connectivity index (χ0v) is 19.9. The zero-order chi connectivity index (χ0) is 25.2. The molecule has 0 aliphatic rings. The lowest BCUT2D eigenvalue weighted by Crippen LogP contribution is -2.27. The van der Waals surface area contributed by atoms with Gasteiger partial charge in [0.25, 0.3) is 5.56 Å². The van der Waals surface area contributed by atoms with Crippen LogP contribution >= 0.6 is 0 Å². The first-order valence-electron chi connectivity index (χ1n) is 11.6. The van der Waals surface area contributed by atoms with E-state index in [2.05, 4.69) is 16.4 Å². The fourth-order valence-corrected chi connectivity index (χ4v) is 4.39. The molecular formula is C29H24N6O. The Morgan fingerprint density at radius 2 is 1.83 bits per heavy atom. The van der Waals surface area contributed by atoms with Crippen LogP contribution in [0.4, 0.5) is 11.4 Å². The number of aryl methyl sites for hydroxylation is 1. The van der Waals surface area contributed by atoms with Gasteiger partial charge in [-0.15, -0.1) is 0 Å². The van der Waals surface area contributed by atoms with Crippen molar-refractivity contribution >= 4 is 22.3 Å². The molecular weight excluding hydrogens is 448 g/mol. The van der Waals surface area contributed by atoms with Crippen molar-refractivity contribution in [3.05, 3.63) is 112 Å². The van der Waals surface area contributed by atoms with Crippen molar-refractivity contribution in [2.45, 2.75) is 19.9 Å². The number of fused-ring (bicyclic) bond motifs is 1. The van der Waals surface area contributed by atoms with Crippen LogP contribution in [0.3, 0.4) is 0 Å². The minimum absolute atomic E-state index is 0.173. The monoisotopic (exact) mass is 472 g/mol. The third kappa shape index (κ3) is 4.17. The quantitative estimate of drug-likeness (QED) is 0.332. The number of nitrogens with one attached hydrogen (secondary N) is 1. The molecule has 5 aromatic rings. The Morgan fingerprint density at radius 3 is 2.58 bits per heavy atom. The highest BCUT2D eigenvalue weighted by Gasteiger charge is 2.21. The molecule has 7 heteroatoms. The first kappa shape index (κ1) is 22.8. The molecule has 0 aliphatic heterocycles. The lowest BCUT2D eigenvalue weighted by atomic mass is 10.0. The van der Waals surface area contributed by atoms with E-state index in [1.165, 1.54) is 0 Å². The first-order chi connectivity index (χ1) is 17.5. The minimum Gasteiger partial charge on any atom is -0.399 e. The van der Waals surface area contributed by atoms with Crippen LogP contribution in [-0.2, 0) is 0 Å². The normalized spacial score (nSPS) is 11.7. The van der Waals surface area contributed by atoms with Gasteiger partial charge >= 0.3 is 0 Å². The SMILES string of the molecule is Cc1cc(-c2cccc3nc([C@H](C)Nc4cc(N)ccc4C#N)n(-c4ccccc4)c(=O)c23)ccn1. The van der Waals surface area contributed by atoms with Crippen molar-refractivity contribution in [3.8, 4) is 22.9 Å².